The number of rotatable bonds is 2. The largest absolute Gasteiger partial charge is 0.344 e. The van der Waals surface area contributed by atoms with Crippen molar-refractivity contribution >= 4 is 46.1 Å². The average Bonchev–Trinajstić information content (AvgIpc) is 2.93. The first-order valence-corrected chi connectivity index (χ1v) is 6.17. The Morgan fingerprint density at radius 2 is 2.39 bits per heavy atom. The molecule has 3 amide bonds. The van der Waals surface area contributed by atoms with Gasteiger partial charge in [-0.1, -0.05) is 11.6 Å². The number of imidazole rings is 1. The normalized spacial score (nSPS) is 16.2. The number of thiazole rings is 1. The molecule has 0 bridgehead atoms. The van der Waals surface area contributed by atoms with Crippen molar-refractivity contribution in [3.05, 3.63) is 22.4 Å². The topological polar surface area (TPSA) is 79.1 Å². The summed E-state index contributed by atoms with van der Waals surface area (Å²) in [6, 6.07) is -0.543. The number of nitrogens with one attached hydrogen (secondary N) is 1. The smallest absolute Gasteiger partial charge is 0.288 e. The Kier molecular flexibility index (Phi) is 2.53. The second kappa shape index (κ2) is 4.07. The third-order valence-electron chi connectivity index (χ3n) is 2.35. The first-order chi connectivity index (χ1) is 8.65. The van der Waals surface area contributed by atoms with E-state index in [9.17, 15) is 9.59 Å². The highest BCUT2D eigenvalue weighted by Gasteiger charge is 2.26. The third-order valence-corrected chi connectivity index (χ3v) is 3.38. The monoisotopic (exact) mass is 283 g/mol. The Bertz CT molecular complexity index is 676. The molecule has 0 aliphatic carbocycles. The number of fused-ring (bicyclic) bond motifs is 1. The van der Waals surface area contributed by atoms with Gasteiger partial charge < -0.3 is 0 Å². The average molecular weight is 284 g/mol. The summed E-state index contributed by atoms with van der Waals surface area (Å²) in [5.41, 5.74) is 0.570. The van der Waals surface area contributed by atoms with E-state index in [2.05, 4.69) is 15.4 Å². The van der Waals surface area contributed by atoms with Gasteiger partial charge in [0.15, 0.2) is 10.1 Å². The zero-order valence-electron chi connectivity index (χ0n) is 8.83. The van der Waals surface area contributed by atoms with E-state index in [1.807, 2.05) is 5.38 Å². The molecule has 2 aromatic heterocycles. The van der Waals surface area contributed by atoms with Gasteiger partial charge in [0.05, 0.1) is 6.21 Å². The molecule has 3 rings (SSSR count). The van der Waals surface area contributed by atoms with Crippen LogP contribution in [0.25, 0.3) is 4.96 Å². The summed E-state index contributed by atoms with van der Waals surface area (Å²) in [5.74, 6) is -0.378. The fourth-order valence-electron chi connectivity index (χ4n) is 1.54. The SMILES string of the molecule is O=C1CN(/N=C\c2c(Cl)nc3sccn23)C(=O)N1. The highest BCUT2D eigenvalue weighted by Crippen LogP contribution is 2.19. The number of nitrogens with zero attached hydrogens (tertiary/aromatic N) is 4. The minimum Gasteiger partial charge on any atom is -0.288 e. The Morgan fingerprint density at radius 3 is 3.11 bits per heavy atom. The Hall–Kier alpha value is -1.93. The Morgan fingerprint density at radius 1 is 1.56 bits per heavy atom. The summed E-state index contributed by atoms with van der Waals surface area (Å²) in [6.45, 7) is -0.0848. The van der Waals surface area contributed by atoms with Crippen LogP contribution in [0.2, 0.25) is 5.15 Å². The van der Waals surface area contributed by atoms with Crippen LogP contribution in [0, 0.1) is 0 Å². The van der Waals surface area contributed by atoms with E-state index < -0.39 is 6.03 Å². The molecule has 3 heterocycles. The van der Waals surface area contributed by atoms with Crippen LogP contribution in [0.4, 0.5) is 4.79 Å². The van der Waals surface area contributed by atoms with Crippen LogP contribution < -0.4 is 5.32 Å². The molecule has 0 radical (unpaired) electrons. The van der Waals surface area contributed by atoms with Crippen LogP contribution in [-0.2, 0) is 4.79 Å². The van der Waals surface area contributed by atoms with Crippen molar-refractivity contribution in [2.24, 2.45) is 5.10 Å². The number of amides is 3. The summed E-state index contributed by atoms with van der Waals surface area (Å²) < 4.78 is 1.76. The third kappa shape index (κ3) is 1.75. The number of carbonyl (C=O) groups excluding carboxylic acids is 2. The molecule has 1 saturated heterocycles. The molecule has 92 valence electrons. The number of imide groups is 1. The summed E-state index contributed by atoms with van der Waals surface area (Å²) in [4.78, 5) is 27.1. The van der Waals surface area contributed by atoms with E-state index in [4.69, 9.17) is 11.6 Å². The maximum absolute atomic E-state index is 11.3. The number of urea groups is 1. The van der Waals surface area contributed by atoms with Crippen LogP contribution in [0.3, 0.4) is 0 Å². The van der Waals surface area contributed by atoms with Crippen LogP contribution in [-0.4, -0.2) is 39.1 Å². The van der Waals surface area contributed by atoms with Gasteiger partial charge in [-0.15, -0.1) is 11.3 Å². The molecule has 1 N–H and O–H groups in total. The molecule has 18 heavy (non-hydrogen) atoms. The number of carbonyl (C=O) groups is 2. The van der Waals surface area contributed by atoms with E-state index in [0.29, 0.717) is 10.8 Å². The first kappa shape index (κ1) is 11.2. The molecule has 0 spiro atoms. The lowest BCUT2D eigenvalue weighted by Gasteiger charge is -2.03. The standard InChI is InChI=1S/C9H6ClN5O2S/c10-7-5(14-1-2-18-9(14)13-7)3-11-15-4-6(16)12-8(15)17/h1-3H,4H2,(H,12,16,17)/b11-3-. The van der Waals surface area contributed by atoms with Gasteiger partial charge in [-0.2, -0.15) is 5.10 Å². The van der Waals surface area contributed by atoms with Gasteiger partial charge in [0.2, 0.25) is 5.91 Å². The van der Waals surface area contributed by atoms with E-state index in [-0.39, 0.29) is 12.5 Å². The molecule has 0 aromatic carbocycles. The molecule has 9 heteroatoms. The van der Waals surface area contributed by atoms with Gasteiger partial charge in [-0.05, 0) is 0 Å². The van der Waals surface area contributed by atoms with Gasteiger partial charge in [-0.25, -0.2) is 14.8 Å². The molecule has 1 fully saturated rings. The maximum Gasteiger partial charge on any atom is 0.344 e. The highest BCUT2D eigenvalue weighted by molar-refractivity contribution is 7.15. The van der Waals surface area contributed by atoms with Gasteiger partial charge in [0.25, 0.3) is 0 Å². The maximum atomic E-state index is 11.3. The van der Waals surface area contributed by atoms with Crippen LogP contribution >= 0.6 is 22.9 Å². The molecule has 1 aliphatic heterocycles. The lowest BCUT2D eigenvalue weighted by Crippen LogP contribution is -2.24. The molecule has 0 unspecified atom stereocenters. The predicted molar refractivity (Wildman–Crippen MR) is 65.9 cm³/mol. The quantitative estimate of drug-likeness (QED) is 0.658. The number of hydrogen-bond donors (Lipinski definition) is 1. The molecule has 0 saturated carbocycles. The Labute approximate surface area is 110 Å². The van der Waals surface area contributed by atoms with Crippen LogP contribution in [0.15, 0.2) is 16.7 Å². The number of hydrogen-bond acceptors (Lipinski definition) is 5. The lowest BCUT2D eigenvalue weighted by atomic mass is 10.5. The molecule has 0 atom stereocenters. The predicted octanol–water partition coefficient (Wildman–Crippen LogP) is 0.935. The van der Waals surface area contributed by atoms with Gasteiger partial charge in [-0.3, -0.25) is 14.5 Å². The van der Waals surface area contributed by atoms with Crippen molar-refractivity contribution in [3.8, 4) is 0 Å². The van der Waals surface area contributed by atoms with Gasteiger partial charge >= 0.3 is 6.03 Å². The summed E-state index contributed by atoms with van der Waals surface area (Å²) >= 11 is 7.40. The van der Waals surface area contributed by atoms with Crippen molar-refractivity contribution in [3.63, 3.8) is 0 Å². The second-order valence-electron chi connectivity index (χ2n) is 3.50. The van der Waals surface area contributed by atoms with Gasteiger partial charge in [0, 0.05) is 11.6 Å². The van der Waals surface area contributed by atoms with E-state index in [1.165, 1.54) is 17.6 Å². The van der Waals surface area contributed by atoms with Gasteiger partial charge in [0.1, 0.15) is 12.2 Å². The second-order valence-corrected chi connectivity index (χ2v) is 4.73. The zero-order valence-corrected chi connectivity index (χ0v) is 10.4. The lowest BCUT2D eigenvalue weighted by molar-refractivity contribution is -0.118. The summed E-state index contributed by atoms with van der Waals surface area (Å²) in [5, 5.41) is 9.24. The number of hydrazone groups is 1. The summed E-state index contributed by atoms with van der Waals surface area (Å²) in [7, 11) is 0. The number of halogens is 1. The van der Waals surface area contributed by atoms with E-state index in [1.54, 1.807) is 10.6 Å². The zero-order chi connectivity index (χ0) is 12.7. The molecule has 1 aliphatic rings. The van der Waals surface area contributed by atoms with Crippen molar-refractivity contribution < 1.29 is 9.59 Å². The molecule has 2 aromatic rings. The number of aromatic nitrogens is 2. The van der Waals surface area contributed by atoms with E-state index in [0.717, 1.165) is 9.97 Å². The van der Waals surface area contributed by atoms with Crippen molar-refractivity contribution in [1.82, 2.24) is 19.7 Å². The first-order valence-electron chi connectivity index (χ1n) is 4.91. The van der Waals surface area contributed by atoms with Crippen molar-refractivity contribution in [2.45, 2.75) is 0 Å². The minimum absolute atomic E-state index is 0.0848. The van der Waals surface area contributed by atoms with Crippen molar-refractivity contribution in [1.29, 1.82) is 0 Å². The molecule has 7 nitrogen and oxygen atoms in total. The van der Waals surface area contributed by atoms with Crippen LogP contribution in [0.1, 0.15) is 5.69 Å². The van der Waals surface area contributed by atoms with Crippen molar-refractivity contribution in [2.75, 3.05) is 6.54 Å². The minimum atomic E-state index is -0.543. The highest BCUT2D eigenvalue weighted by atomic mass is 35.5. The summed E-state index contributed by atoms with van der Waals surface area (Å²) in [6.07, 6.45) is 3.21. The fourth-order valence-corrected chi connectivity index (χ4v) is 2.53. The van der Waals surface area contributed by atoms with E-state index >= 15 is 0 Å². The van der Waals surface area contributed by atoms with Crippen LogP contribution in [0.5, 0.6) is 0 Å². The Balaban J connectivity index is 1.92. The fraction of sp³-hybridized carbons (Fsp3) is 0.111. The molecular weight excluding hydrogens is 278 g/mol. The molecular formula is C9H6ClN5O2S.